The van der Waals surface area contributed by atoms with Crippen LogP contribution in [0.3, 0.4) is 0 Å². The number of nitrogens with zero attached hydrogens (tertiary/aromatic N) is 4. The van der Waals surface area contributed by atoms with E-state index < -0.39 is 6.04 Å². The summed E-state index contributed by atoms with van der Waals surface area (Å²) >= 11 is 0. The smallest absolute Gasteiger partial charge is 0.249 e. The first kappa shape index (κ1) is 27.0. The predicted octanol–water partition coefficient (Wildman–Crippen LogP) is 4.38. The van der Waals surface area contributed by atoms with Gasteiger partial charge in [-0.1, -0.05) is 48.7 Å². The van der Waals surface area contributed by atoms with Crippen LogP contribution in [0.25, 0.3) is 11.0 Å². The molecule has 2 N–H and O–H groups in total. The molecule has 3 aromatic carbocycles. The van der Waals surface area contributed by atoms with Crippen LogP contribution in [-0.4, -0.2) is 52.2 Å². The van der Waals surface area contributed by atoms with Gasteiger partial charge in [0.1, 0.15) is 23.9 Å². The number of phenols is 1. The second kappa shape index (κ2) is 12.1. The summed E-state index contributed by atoms with van der Waals surface area (Å²) in [6, 6.07) is 18.0. The number of carbonyl (C=O) groups excluding carboxylic acids is 2. The number of fused-ring (bicyclic) bond motifs is 1. The molecule has 0 bridgehead atoms. The molecule has 1 atom stereocenters. The minimum Gasteiger partial charge on any atom is -0.504 e. The maximum Gasteiger partial charge on any atom is 0.249 e. The molecule has 0 saturated heterocycles. The predicted molar refractivity (Wildman–Crippen MR) is 150 cm³/mol. The van der Waals surface area contributed by atoms with Gasteiger partial charge in [-0.2, -0.15) is 0 Å². The summed E-state index contributed by atoms with van der Waals surface area (Å²) in [5, 5.41) is 22.2. The molecular weight excluding hydrogens is 510 g/mol. The maximum atomic E-state index is 14.2. The number of ether oxygens (including phenoxy) is 2. The van der Waals surface area contributed by atoms with Gasteiger partial charge in [0.2, 0.25) is 11.8 Å². The molecule has 0 unspecified atom stereocenters. The molecule has 0 aliphatic heterocycles. The van der Waals surface area contributed by atoms with E-state index in [0.29, 0.717) is 28.0 Å². The number of methoxy groups -OCH3 is 2. The highest BCUT2D eigenvalue weighted by molar-refractivity contribution is 6.01. The molecule has 1 heterocycles. The number of phenolic OH excluding ortho intramolecular Hbond substituents is 1. The van der Waals surface area contributed by atoms with Crippen molar-refractivity contribution in [1.29, 1.82) is 0 Å². The van der Waals surface area contributed by atoms with Crippen LogP contribution in [-0.2, 0) is 16.1 Å². The van der Waals surface area contributed by atoms with Gasteiger partial charge < -0.3 is 19.9 Å². The van der Waals surface area contributed by atoms with Gasteiger partial charge in [-0.05, 0) is 54.8 Å². The molecule has 1 aromatic heterocycles. The molecule has 2 amide bonds. The van der Waals surface area contributed by atoms with E-state index in [1.807, 2.05) is 24.3 Å². The van der Waals surface area contributed by atoms with Crippen LogP contribution in [0, 0.1) is 0 Å². The van der Waals surface area contributed by atoms with E-state index in [1.165, 1.54) is 22.8 Å². The summed E-state index contributed by atoms with van der Waals surface area (Å²) < 4.78 is 12.2. The lowest BCUT2D eigenvalue weighted by atomic mass is 9.94. The van der Waals surface area contributed by atoms with E-state index in [-0.39, 0.29) is 35.9 Å². The second-order valence-corrected chi connectivity index (χ2v) is 9.88. The average Bonchev–Trinajstić information content (AvgIpc) is 3.38. The van der Waals surface area contributed by atoms with Crippen molar-refractivity contribution < 1.29 is 24.2 Å². The van der Waals surface area contributed by atoms with Gasteiger partial charge in [0.15, 0.2) is 11.5 Å². The highest BCUT2D eigenvalue weighted by atomic mass is 16.5. The molecular formula is C30H33N5O5. The molecule has 40 heavy (non-hydrogen) atoms. The second-order valence-electron chi connectivity index (χ2n) is 9.88. The fourth-order valence-electron chi connectivity index (χ4n) is 5.26. The fourth-order valence-corrected chi connectivity index (χ4v) is 5.26. The Bertz CT molecular complexity index is 1500. The zero-order valence-corrected chi connectivity index (χ0v) is 22.6. The van der Waals surface area contributed by atoms with Gasteiger partial charge >= 0.3 is 0 Å². The number of hydrogen-bond donors (Lipinski definition) is 2. The van der Waals surface area contributed by atoms with Crippen molar-refractivity contribution >= 4 is 28.5 Å². The third-order valence-electron chi connectivity index (χ3n) is 7.28. The Labute approximate surface area is 232 Å². The zero-order valence-electron chi connectivity index (χ0n) is 22.6. The van der Waals surface area contributed by atoms with Crippen molar-refractivity contribution in [3.8, 4) is 17.2 Å². The highest BCUT2D eigenvalue weighted by Gasteiger charge is 2.35. The Morgan fingerprint density at radius 1 is 1.02 bits per heavy atom. The van der Waals surface area contributed by atoms with Crippen LogP contribution in [0.4, 0.5) is 5.69 Å². The number of anilines is 1. The van der Waals surface area contributed by atoms with Crippen molar-refractivity contribution in [3.63, 3.8) is 0 Å². The van der Waals surface area contributed by atoms with E-state index in [2.05, 4.69) is 15.6 Å². The molecule has 0 spiro atoms. The molecule has 10 nitrogen and oxygen atoms in total. The number of aromatic nitrogens is 3. The van der Waals surface area contributed by atoms with Gasteiger partial charge in [0.05, 0.1) is 19.7 Å². The van der Waals surface area contributed by atoms with Crippen LogP contribution in [0.15, 0.2) is 66.7 Å². The number of benzene rings is 3. The zero-order chi connectivity index (χ0) is 28.1. The molecule has 10 heteroatoms. The summed E-state index contributed by atoms with van der Waals surface area (Å²) in [7, 11) is 3.00. The van der Waals surface area contributed by atoms with Crippen molar-refractivity contribution in [1.82, 2.24) is 20.3 Å². The molecule has 1 aliphatic carbocycles. The van der Waals surface area contributed by atoms with Gasteiger partial charge in [0, 0.05) is 17.8 Å². The van der Waals surface area contributed by atoms with E-state index in [0.717, 1.165) is 32.1 Å². The number of nitrogens with one attached hydrogen (secondary N) is 1. The highest BCUT2D eigenvalue weighted by Crippen LogP contribution is 2.35. The first-order chi connectivity index (χ1) is 19.5. The van der Waals surface area contributed by atoms with Crippen LogP contribution in [0.1, 0.15) is 43.7 Å². The van der Waals surface area contributed by atoms with E-state index in [4.69, 9.17) is 9.47 Å². The van der Waals surface area contributed by atoms with Crippen molar-refractivity contribution in [2.75, 3.05) is 19.1 Å². The minimum atomic E-state index is -1.09. The monoisotopic (exact) mass is 543 g/mol. The Morgan fingerprint density at radius 3 is 2.58 bits per heavy atom. The first-order valence-corrected chi connectivity index (χ1v) is 13.4. The Kier molecular flexibility index (Phi) is 8.14. The summed E-state index contributed by atoms with van der Waals surface area (Å²) in [5.41, 5.74) is 2.26. The number of carbonyl (C=O) groups is 2. The normalized spacial score (nSPS) is 14.4. The standard InChI is InChI=1S/C30H33N5O5/c1-39-23-12-8-11-22(18-23)35(28(37)19-34-25-14-7-6-13-24(25)32-33-34)29(20-15-16-27(40-2)26(36)17-20)30(38)31-21-9-4-3-5-10-21/h6-8,11-18,21,29,36H,3-5,9-10,19H2,1-2H3,(H,31,38)/t29-/m1/s1. The van der Waals surface area contributed by atoms with Gasteiger partial charge in [-0.15, -0.1) is 5.10 Å². The Balaban J connectivity index is 1.60. The average molecular weight is 544 g/mol. The molecule has 0 radical (unpaired) electrons. The third-order valence-corrected chi connectivity index (χ3v) is 7.28. The molecule has 1 fully saturated rings. The number of rotatable bonds is 9. The molecule has 208 valence electrons. The van der Waals surface area contributed by atoms with Crippen molar-refractivity contribution in [2.24, 2.45) is 0 Å². The van der Waals surface area contributed by atoms with E-state index >= 15 is 0 Å². The molecule has 5 rings (SSSR count). The topological polar surface area (TPSA) is 119 Å². The lowest BCUT2D eigenvalue weighted by Crippen LogP contribution is -2.48. The van der Waals surface area contributed by atoms with E-state index in [1.54, 1.807) is 43.5 Å². The maximum absolute atomic E-state index is 14.2. The largest absolute Gasteiger partial charge is 0.504 e. The molecule has 1 aliphatic rings. The van der Waals surface area contributed by atoms with Gasteiger partial charge in [-0.3, -0.25) is 14.5 Å². The van der Waals surface area contributed by atoms with Gasteiger partial charge in [-0.25, -0.2) is 4.68 Å². The molecule has 4 aromatic rings. The summed E-state index contributed by atoms with van der Waals surface area (Å²) in [5.74, 6) is -0.0519. The number of hydrogen-bond acceptors (Lipinski definition) is 7. The first-order valence-electron chi connectivity index (χ1n) is 13.4. The number of amides is 2. The van der Waals surface area contributed by atoms with Crippen molar-refractivity contribution in [2.45, 2.75) is 50.7 Å². The quantitative estimate of drug-likeness (QED) is 0.322. The Morgan fingerprint density at radius 2 is 1.82 bits per heavy atom. The lowest BCUT2D eigenvalue weighted by Gasteiger charge is -2.33. The minimum absolute atomic E-state index is 0.0112. The number of para-hydroxylation sites is 1. The van der Waals surface area contributed by atoms with E-state index in [9.17, 15) is 14.7 Å². The Hall–Kier alpha value is -4.60. The third kappa shape index (κ3) is 5.70. The summed E-state index contributed by atoms with van der Waals surface area (Å²) in [6.45, 7) is -0.160. The van der Waals surface area contributed by atoms with Crippen LogP contribution in [0.2, 0.25) is 0 Å². The number of aromatic hydroxyl groups is 1. The van der Waals surface area contributed by atoms with Gasteiger partial charge in [0.25, 0.3) is 0 Å². The van der Waals surface area contributed by atoms with Crippen LogP contribution < -0.4 is 19.7 Å². The lowest BCUT2D eigenvalue weighted by molar-refractivity contribution is -0.127. The van der Waals surface area contributed by atoms with Crippen LogP contribution in [0.5, 0.6) is 17.2 Å². The summed E-state index contributed by atoms with van der Waals surface area (Å²) in [6.07, 6.45) is 4.98. The fraction of sp³-hybridized carbons (Fsp3) is 0.333. The summed E-state index contributed by atoms with van der Waals surface area (Å²) in [4.78, 5) is 29.7. The van der Waals surface area contributed by atoms with Crippen molar-refractivity contribution in [3.05, 3.63) is 72.3 Å². The SMILES string of the molecule is COc1cccc(N(C(=O)Cn2nnc3ccccc32)[C@@H](C(=O)NC2CCCCC2)c2ccc(OC)c(O)c2)c1. The molecule has 1 saturated carbocycles. The van der Waals surface area contributed by atoms with Crippen LogP contribution >= 0.6 is 0 Å².